The number of carbonyl (C=O) groups is 1. The SMILES string of the molecule is CN(CC1CCn2ccnc2C1)C(=O)c1ccncc1F. The first-order valence-electron chi connectivity index (χ1n) is 7.00. The lowest BCUT2D eigenvalue weighted by Crippen LogP contribution is -2.35. The van der Waals surface area contributed by atoms with Gasteiger partial charge >= 0.3 is 0 Å². The number of halogens is 1. The monoisotopic (exact) mass is 288 g/mol. The minimum absolute atomic E-state index is 0.0739. The molecule has 0 saturated carbocycles. The predicted octanol–water partition coefficient (Wildman–Crippen LogP) is 1.75. The Morgan fingerprint density at radius 2 is 2.38 bits per heavy atom. The van der Waals surface area contributed by atoms with Gasteiger partial charge in [-0.15, -0.1) is 0 Å². The van der Waals surface area contributed by atoms with Crippen LogP contribution in [-0.2, 0) is 13.0 Å². The van der Waals surface area contributed by atoms with Gasteiger partial charge < -0.3 is 9.47 Å². The standard InChI is InChI=1S/C15H17FN4O/c1-19(15(21)12-2-4-17-9-13(12)16)10-11-3-6-20-7-5-18-14(20)8-11/h2,4-5,7,9,11H,3,6,8,10H2,1H3. The number of nitrogens with zero attached hydrogens (tertiary/aromatic N) is 4. The van der Waals surface area contributed by atoms with E-state index in [4.69, 9.17) is 0 Å². The van der Waals surface area contributed by atoms with Crippen LogP contribution in [0.5, 0.6) is 0 Å². The molecule has 0 spiro atoms. The molecule has 0 aromatic carbocycles. The van der Waals surface area contributed by atoms with Crippen molar-refractivity contribution >= 4 is 5.91 Å². The van der Waals surface area contributed by atoms with E-state index >= 15 is 0 Å². The van der Waals surface area contributed by atoms with Gasteiger partial charge in [-0.1, -0.05) is 0 Å². The van der Waals surface area contributed by atoms with Gasteiger partial charge in [-0.2, -0.15) is 0 Å². The van der Waals surface area contributed by atoms with Crippen molar-refractivity contribution < 1.29 is 9.18 Å². The normalized spacial score (nSPS) is 17.3. The zero-order valence-electron chi connectivity index (χ0n) is 11.9. The van der Waals surface area contributed by atoms with Gasteiger partial charge in [-0.25, -0.2) is 9.37 Å². The van der Waals surface area contributed by atoms with Crippen LogP contribution >= 0.6 is 0 Å². The van der Waals surface area contributed by atoms with E-state index in [0.29, 0.717) is 12.5 Å². The summed E-state index contributed by atoms with van der Waals surface area (Å²) in [4.78, 5) is 21.8. The third-order valence-corrected chi connectivity index (χ3v) is 3.93. The molecular formula is C15H17FN4O. The Hall–Kier alpha value is -2.24. The first-order chi connectivity index (χ1) is 10.1. The lowest BCUT2D eigenvalue weighted by molar-refractivity contribution is 0.0759. The van der Waals surface area contributed by atoms with Crippen LogP contribution in [0.2, 0.25) is 0 Å². The van der Waals surface area contributed by atoms with E-state index < -0.39 is 5.82 Å². The number of hydrogen-bond donors (Lipinski definition) is 0. The highest BCUT2D eigenvalue weighted by Gasteiger charge is 2.23. The Bertz CT molecular complexity index is 655. The number of aryl methyl sites for hydroxylation is 1. The van der Waals surface area contributed by atoms with Gasteiger partial charge in [0.05, 0.1) is 11.8 Å². The fourth-order valence-electron chi connectivity index (χ4n) is 2.80. The Morgan fingerprint density at radius 1 is 1.52 bits per heavy atom. The summed E-state index contributed by atoms with van der Waals surface area (Å²) in [6, 6.07) is 1.42. The second-order valence-electron chi connectivity index (χ2n) is 5.44. The molecule has 0 aliphatic carbocycles. The van der Waals surface area contributed by atoms with Crippen molar-refractivity contribution in [2.75, 3.05) is 13.6 Å². The second-order valence-corrected chi connectivity index (χ2v) is 5.44. The second kappa shape index (κ2) is 5.63. The number of imidazole rings is 1. The summed E-state index contributed by atoms with van der Waals surface area (Å²) in [5, 5.41) is 0. The number of carbonyl (C=O) groups excluding carboxylic acids is 1. The Labute approximate surface area is 122 Å². The third-order valence-electron chi connectivity index (χ3n) is 3.93. The van der Waals surface area contributed by atoms with Crippen molar-refractivity contribution in [3.63, 3.8) is 0 Å². The molecule has 0 fully saturated rings. The van der Waals surface area contributed by atoms with Crippen LogP contribution in [-0.4, -0.2) is 38.9 Å². The highest BCUT2D eigenvalue weighted by Crippen LogP contribution is 2.20. The molecule has 21 heavy (non-hydrogen) atoms. The molecule has 1 aliphatic heterocycles. The summed E-state index contributed by atoms with van der Waals surface area (Å²) in [5.41, 5.74) is 0.0739. The minimum Gasteiger partial charge on any atom is -0.341 e. The molecule has 1 unspecified atom stereocenters. The lowest BCUT2D eigenvalue weighted by atomic mass is 9.97. The molecule has 110 valence electrons. The first-order valence-corrected chi connectivity index (χ1v) is 7.00. The van der Waals surface area contributed by atoms with Crippen LogP contribution in [0.15, 0.2) is 30.9 Å². The summed E-state index contributed by atoms with van der Waals surface area (Å²) in [6.07, 6.45) is 8.13. The minimum atomic E-state index is -0.575. The Balaban J connectivity index is 1.66. The molecule has 0 bridgehead atoms. The highest BCUT2D eigenvalue weighted by molar-refractivity contribution is 5.94. The van der Waals surface area contributed by atoms with Gasteiger partial charge in [0.2, 0.25) is 0 Å². The Morgan fingerprint density at radius 3 is 3.19 bits per heavy atom. The Kier molecular flexibility index (Phi) is 3.68. The van der Waals surface area contributed by atoms with Crippen LogP contribution in [0.3, 0.4) is 0 Å². The van der Waals surface area contributed by atoms with Crippen molar-refractivity contribution in [2.24, 2.45) is 5.92 Å². The summed E-state index contributed by atoms with van der Waals surface area (Å²) in [6.45, 7) is 1.53. The van der Waals surface area contributed by atoms with Gasteiger partial charge in [-0.05, 0) is 18.4 Å². The van der Waals surface area contributed by atoms with Crippen LogP contribution in [0.1, 0.15) is 22.6 Å². The molecule has 5 nitrogen and oxygen atoms in total. The maximum absolute atomic E-state index is 13.6. The van der Waals surface area contributed by atoms with Crippen LogP contribution in [0.4, 0.5) is 4.39 Å². The van der Waals surface area contributed by atoms with Crippen molar-refractivity contribution in [1.29, 1.82) is 0 Å². The van der Waals surface area contributed by atoms with E-state index in [1.165, 1.54) is 12.3 Å². The van der Waals surface area contributed by atoms with Gasteiger partial charge in [0.15, 0.2) is 5.82 Å². The lowest BCUT2D eigenvalue weighted by Gasteiger charge is -2.27. The smallest absolute Gasteiger partial charge is 0.256 e. The summed E-state index contributed by atoms with van der Waals surface area (Å²) >= 11 is 0. The summed E-state index contributed by atoms with van der Waals surface area (Å²) < 4.78 is 15.8. The molecular weight excluding hydrogens is 271 g/mol. The van der Waals surface area contributed by atoms with E-state index in [9.17, 15) is 9.18 Å². The molecule has 3 heterocycles. The first kappa shape index (κ1) is 13.7. The highest BCUT2D eigenvalue weighted by atomic mass is 19.1. The molecule has 6 heteroatoms. The van der Waals surface area contributed by atoms with Crippen molar-refractivity contribution in [1.82, 2.24) is 19.4 Å². The maximum atomic E-state index is 13.6. The van der Waals surface area contributed by atoms with Gasteiger partial charge in [0, 0.05) is 45.1 Å². The topological polar surface area (TPSA) is 51.0 Å². The molecule has 2 aromatic heterocycles. The number of amides is 1. The number of rotatable bonds is 3. The fourth-order valence-corrected chi connectivity index (χ4v) is 2.80. The van der Waals surface area contributed by atoms with Crippen molar-refractivity contribution in [2.45, 2.75) is 19.4 Å². The van der Waals surface area contributed by atoms with Crippen LogP contribution < -0.4 is 0 Å². The van der Waals surface area contributed by atoms with Gasteiger partial charge in [0.1, 0.15) is 5.82 Å². The summed E-state index contributed by atoms with van der Waals surface area (Å²) in [5.74, 6) is 0.540. The third kappa shape index (κ3) is 2.79. The van der Waals surface area contributed by atoms with E-state index in [-0.39, 0.29) is 11.5 Å². The van der Waals surface area contributed by atoms with Crippen LogP contribution in [0.25, 0.3) is 0 Å². The molecule has 3 rings (SSSR count). The molecule has 1 amide bonds. The molecule has 0 radical (unpaired) electrons. The number of hydrogen-bond acceptors (Lipinski definition) is 3. The number of fused-ring (bicyclic) bond motifs is 1. The largest absolute Gasteiger partial charge is 0.341 e. The molecule has 2 aromatic rings. The van der Waals surface area contributed by atoms with Gasteiger partial charge in [-0.3, -0.25) is 9.78 Å². The molecule has 0 saturated heterocycles. The molecule has 0 N–H and O–H groups in total. The van der Waals surface area contributed by atoms with E-state index in [2.05, 4.69) is 14.5 Å². The van der Waals surface area contributed by atoms with Crippen molar-refractivity contribution in [3.8, 4) is 0 Å². The molecule has 1 aliphatic rings. The average Bonchev–Trinajstić information content (AvgIpc) is 2.94. The quantitative estimate of drug-likeness (QED) is 0.864. The van der Waals surface area contributed by atoms with E-state index in [1.807, 2.05) is 6.20 Å². The maximum Gasteiger partial charge on any atom is 0.256 e. The summed E-state index contributed by atoms with van der Waals surface area (Å²) in [7, 11) is 1.71. The van der Waals surface area contributed by atoms with Gasteiger partial charge in [0.25, 0.3) is 5.91 Å². The zero-order chi connectivity index (χ0) is 14.8. The average molecular weight is 288 g/mol. The van der Waals surface area contributed by atoms with Crippen molar-refractivity contribution in [3.05, 3.63) is 48.1 Å². The predicted molar refractivity (Wildman–Crippen MR) is 75.2 cm³/mol. The van der Waals surface area contributed by atoms with E-state index in [0.717, 1.165) is 31.4 Å². The zero-order valence-corrected chi connectivity index (χ0v) is 11.9. The number of pyridine rings is 1. The number of aromatic nitrogens is 3. The van der Waals surface area contributed by atoms with Crippen LogP contribution in [0, 0.1) is 11.7 Å². The van der Waals surface area contributed by atoms with E-state index in [1.54, 1.807) is 18.1 Å². The fraction of sp³-hybridized carbons (Fsp3) is 0.400. The molecule has 1 atom stereocenters.